The number of hydrogen-bond acceptors (Lipinski definition) is 2. The molecule has 1 N–H and O–H groups in total. The van der Waals surface area contributed by atoms with E-state index in [1.165, 1.54) is 0 Å². The molecule has 0 radical (unpaired) electrons. The van der Waals surface area contributed by atoms with E-state index in [0.29, 0.717) is 0 Å². The van der Waals surface area contributed by atoms with Crippen molar-refractivity contribution < 1.29 is 4.42 Å². The summed E-state index contributed by atoms with van der Waals surface area (Å²) in [6.07, 6.45) is 0. The second-order valence-electron chi connectivity index (χ2n) is 3.89. The van der Waals surface area contributed by atoms with Gasteiger partial charge in [-0.05, 0) is 17.5 Å². The molecule has 1 heterocycles. The molecule has 3 aromatic rings. The first-order chi connectivity index (χ1) is 8.34. The summed E-state index contributed by atoms with van der Waals surface area (Å²) >= 11 is 0. The fourth-order valence-electron chi connectivity index (χ4n) is 1.91. The van der Waals surface area contributed by atoms with Crippen LogP contribution in [0.3, 0.4) is 0 Å². The zero-order valence-electron chi connectivity index (χ0n) is 9.18. The van der Waals surface area contributed by atoms with Crippen molar-refractivity contribution in [3.63, 3.8) is 0 Å². The van der Waals surface area contributed by atoms with E-state index in [0.717, 1.165) is 22.1 Å². The Balaban J connectivity index is 2.30. The van der Waals surface area contributed by atoms with E-state index in [2.05, 4.69) is 0 Å². The average molecular weight is 221 g/mol. The lowest BCUT2D eigenvalue weighted by Gasteiger charge is -2.03. The molecule has 0 spiro atoms. The van der Waals surface area contributed by atoms with Crippen molar-refractivity contribution in [2.45, 2.75) is 0 Å². The van der Waals surface area contributed by atoms with Crippen LogP contribution in [0.25, 0.3) is 22.1 Å². The van der Waals surface area contributed by atoms with Gasteiger partial charge in [0, 0.05) is 10.9 Å². The van der Waals surface area contributed by atoms with Crippen molar-refractivity contribution in [2.75, 3.05) is 0 Å². The van der Waals surface area contributed by atoms with Crippen LogP contribution in [0.15, 0.2) is 65.1 Å². The molecule has 0 saturated carbocycles. The minimum atomic E-state index is 0.210. The van der Waals surface area contributed by atoms with Gasteiger partial charge < -0.3 is 4.42 Å². The topological polar surface area (TPSA) is 37.0 Å². The van der Waals surface area contributed by atoms with Crippen LogP contribution in [0.2, 0.25) is 0 Å². The van der Waals surface area contributed by atoms with E-state index in [1.807, 2.05) is 60.7 Å². The van der Waals surface area contributed by atoms with Crippen molar-refractivity contribution >= 4 is 10.8 Å². The lowest BCUT2D eigenvalue weighted by Crippen LogP contribution is -2.00. The number of benzene rings is 2. The third-order valence-electron chi connectivity index (χ3n) is 2.76. The van der Waals surface area contributed by atoms with Gasteiger partial charge in [0.25, 0.3) is 0 Å². The summed E-state index contributed by atoms with van der Waals surface area (Å²) < 4.78 is 5.54. The Morgan fingerprint density at radius 2 is 1.53 bits per heavy atom. The number of rotatable bonds is 1. The normalized spacial score (nSPS) is 10.6. The van der Waals surface area contributed by atoms with Crippen LogP contribution in [0, 0.1) is 5.41 Å². The van der Waals surface area contributed by atoms with Crippen molar-refractivity contribution in [3.8, 4) is 11.3 Å². The maximum Gasteiger partial charge on any atom is 0.219 e. The molecule has 0 aliphatic rings. The second-order valence-corrected chi connectivity index (χ2v) is 3.89. The van der Waals surface area contributed by atoms with Gasteiger partial charge in [-0.3, -0.25) is 5.41 Å². The van der Waals surface area contributed by atoms with Crippen molar-refractivity contribution in [3.05, 3.63) is 66.2 Å². The minimum absolute atomic E-state index is 0.210. The van der Waals surface area contributed by atoms with E-state index in [1.54, 1.807) is 0 Å². The summed E-state index contributed by atoms with van der Waals surface area (Å²) in [5, 5.41) is 9.76. The van der Waals surface area contributed by atoms with Gasteiger partial charge in [-0.2, -0.15) is 0 Å². The zero-order chi connectivity index (χ0) is 11.7. The molecule has 1 aromatic heterocycles. The fraction of sp³-hybridized carbons (Fsp3) is 0. The Bertz CT molecular complexity index is 714. The molecule has 0 saturated heterocycles. The number of fused-ring (bicyclic) bond motifs is 1. The van der Waals surface area contributed by atoms with Gasteiger partial charge in [-0.1, -0.05) is 48.5 Å². The highest BCUT2D eigenvalue weighted by molar-refractivity contribution is 5.83. The van der Waals surface area contributed by atoms with Gasteiger partial charge in [0.05, 0.1) is 0 Å². The van der Waals surface area contributed by atoms with E-state index in [-0.39, 0.29) is 5.55 Å². The van der Waals surface area contributed by atoms with Gasteiger partial charge in [-0.25, -0.2) is 0 Å². The second kappa shape index (κ2) is 3.91. The molecule has 2 aromatic carbocycles. The zero-order valence-corrected chi connectivity index (χ0v) is 9.18. The van der Waals surface area contributed by atoms with Crippen LogP contribution >= 0.6 is 0 Å². The van der Waals surface area contributed by atoms with Crippen molar-refractivity contribution in [1.29, 1.82) is 5.41 Å². The monoisotopic (exact) mass is 221 g/mol. The van der Waals surface area contributed by atoms with Crippen LogP contribution in [0.1, 0.15) is 0 Å². The summed E-state index contributed by atoms with van der Waals surface area (Å²) in [6.45, 7) is 0. The average Bonchev–Trinajstić information content (AvgIpc) is 2.40. The highest BCUT2D eigenvalue weighted by Crippen LogP contribution is 2.21. The summed E-state index contributed by atoms with van der Waals surface area (Å²) in [6, 6.07) is 19.6. The highest BCUT2D eigenvalue weighted by Gasteiger charge is 2.03. The number of hydrogen-bond donors (Lipinski definition) is 1. The van der Waals surface area contributed by atoms with Crippen LogP contribution in [-0.4, -0.2) is 0 Å². The van der Waals surface area contributed by atoms with Gasteiger partial charge in [0.15, 0.2) is 0 Å². The Hall–Kier alpha value is -2.35. The van der Waals surface area contributed by atoms with E-state index in [4.69, 9.17) is 9.83 Å². The lowest BCUT2D eigenvalue weighted by atomic mass is 10.1. The Labute approximate surface area is 98.7 Å². The maximum absolute atomic E-state index is 7.89. The molecule has 2 nitrogen and oxygen atoms in total. The lowest BCUT2D eigenvalue weighted by molar-refractivity contribution is 0.510. The molecule has 0 fully saturated rings. The van der Waals surface area contributed by atoms with E-state index < -0.39 is 0 Å². The molecule has 17 heavy (non-hydrogen) atoms. The van der Waals surface area contributed by atoms with Crippen LogP contribution in [-0.2, 0) is 0 Å². The maximum atomic E-state index is 7.89. The number of nitrogens with one attached hydrogen (secondary N) is 1. The fourth-order valence-corrected chi connectivity index (χ4v) is 1.91. The SMILES string of the molecule is N=c1oc(-c2ccccc2)cc2ccccc12. The van der Waals surface area contributed by atoms with Crippen molar-refractivity contribution in [2.24, 2.45) is 0 Å². The van der Waals surface area contributed by atoms with Gasteiger partial charge in [0.2, 0.25) is 5.55 Å². The minimum Gasteiger partial charge on any atom is -0.438 e. The van der Waals surface area contributed by atoms with Gasteiger partial charge in [0.1, 0.15) is 5.76 Å². The van der Waals surface area contributed by atoms with E-state index in [9.17, 15) is 0 Å². The molecule has 0 aliphatic heterocycles. The van der Waals surface area contributed by atoms with Gasteiger partial charge in [-0.15, -0.1) is 0 Å². The predicted molar refractivity (Wildman–Crippen MR) is 67.5 cm³/mol. The molecular weight excluding hydrogens is 210 g/mol. The molecule has 0 amide bonds. The molecule has 0 aliphatic carbocycles. The third-order valence-corrected chi connectivity index (χ3v) is 2.76. The first-order valence-electron chi connectivity index (χ1n) is 5.47. The highest BCUT2D eigenvalue weighted by atomic mass is 16.3. The molecule has 82 valence electrons. The Kier molecular flexibility index (Phi) is 2.26. The summed E-state index contributed by atoms with van der Waals surface area (Å²) in [7, 11) is 0. The largest absolute Gasteiger partial charge is 0.438 e. The Morgan fingerprint density at radius 1 is 0.824 bits per heavy atom. The van der Waals surface area contributed by atoms with Crippen molar-refractivity contribution in [1.82, 2.24) is 0 Å². The molecule has 0 atom stereocenters. The van der Waals surface area contributed by atoms with Gasteiger partial charge >= 0.3 is 0 Å². The first kappa shape index (κ1) is 9.85. The standard InChI is InChI=1S/C15H11NO/c16-15-13-9-5-4-8-12(13)10-14(17-15)11-6-2-1-3-7-11/h1-10,16H. The predicted octanol–water partition coefficient (Wildman–Crippen LogP) is 3.58. The van der Waals surface area contributed by atoms with Crippen LogP contribution in [0.5, 0.6) is 0 Å². The summed E-state index contributed by atoms with van der Waals surface area (Å²) in [5.74, 6) is 0.731. The quantitative estimate of drug-likeness (QED) is 0.670. The molecule has 0 unspecified atom stereocenters. The third kappa shape index (κ3) is 1.74. The molecular formula is C15H11NO. The van der Waals surface area contributed by atoms with E-state index >= 15 is 0 Å². The molecule has 0 bridgehead atoms. The summed E-state index contributed by atoms with van der Waals surface area (Å²) in [5.41, 5.74) is 1.20. The van der Waals surface area contributed by atoms with Crippen LogP contribution in [0.4, 0.5) is 0 Å². The first-order valence-corrected chi connectivity index (χ1v) is 5.47. The molecule has 3 rings (SSSR count). The Morgan fingerprint density at radius 3 is 2.35 bits per heavy atom. The summed E-state index contributed by atoms with van der Waals surface area (Å²) in [4.78, 5) is 0. The smallest absolute Gasteiger partial charge is 0.219 e. The molecule has 2 heteroatoms. The van der Waals surface area contributed by atoms with Crippen LogP contribution < -0.4 is 5.55 Å².